The lowest BCUT2D eigenvalue weighted by Crippen LogP contribution is -2.18. The Bertz CT molecular complexity index is 429. The molecule has 0 amide bonds. The van der Waals surface area contributed by atoms with Crippen LogP contribution in [0.5, 0.6) is 0 Å². The molecule has 2 aliphatic rings. The minimum Gasteiger partial charge on any atom is -0.0925 e. The molecule has 0 aliphatic heterocycles. The van der Waals surface area contributed by atoms with E-state index in [9.17, 15) is 0 Å². The molecule has 0 radical (unpaired) electrons. The van der Waals surface area contributed by atoms with Crippen LogP contribution in [-0.4, -0.2) is 5.33 Å². The van der Waals surface area contributed by atoms with Crippen molar-refractivity contribution in [1.82, 2.24) is 0 Å². The Labute approximate surface area is 133 Å². The van der Waals surface area contributed by atoms with Gasteiger partial charge in [-0.15, -0.1) is 0 Å². The Morgan fingerprint density at radius 2 is 2.00 bits per heavy atom. The van der Waals surface area contributed by atoms with E-state index < -0.39 is 0 Å². The number of alkyl halides is 1. The second kappa shape index (κ2) is 6.30. The second-order valence-corrected chi connectivity index (χ2v) is 7.99. The van der Waals surface area contributed by atoms with Gasteiger partial charge in [-0.3, -0.25) is 0 Å². The summed E-state index contributed by atoms with van der Waals surface area (Å²) in [7, 11) is 0. The molecule has 4 unspecified atom stereocenters. The average Bonchev–Trinajstić information content (AvgIpc) is 3.02. The number of hydrogen-bond donors (Lipinski definition) is 0. The van der Waals surface area contributed by atoms with Crippen molar-refractivity contribution >= 4 is 31.9 Å². The molecular formula is C17H22Br2. The molecule has 2 heteroatoms. The molecule has 0 heterocycles. The minimum atomic E-state index is 0.794. The highest BCUT2D eigenvalue weighted by atomic mass is 79.9. The van der Waals surface area contributed by atoms with E-state index in [1.165, 1.54) is 48.6 Å². The van der Waals surface area contributed by atoms with Crippen molar-refractivity contribution < 1.29 is 0 Å². The van der Waals surface area contributed by atoms with E-state index in [1.807, 2.05) is 0 Å². The van der Waals surface area contributed by atoms with E-state index in [2.05, 4.69) is 56.1 Å². The maximum atomic E-state index is 3.74. The molecule has 4 atom stereocenters. The van der Waals surface area contributed by atoms with Gasteiger partial charge >= 0.3 is 0 Å². The van der Waals surface area contributed by atoms with Gasteiger partial charge < -0.3 is 0 Å². The number of hydrogen-bond acceptors (Lipinski definition) is 0. The molecule has 2 fully saturated rings. The van der Waals surface area contributed by atoms with E-state index in [0.717, 1.165) is 29.0 Å². The van der Waals surface area contributed by atoms with Crippen LogP contribution in [0.15, 0.2) is 28.7 Å². The molecule has 2 saturated carbocycles. The predicted molar refractivity (Wildman–Crippen MR) is 88.7 cm³/mol. The van der Waals surface area contributed by atoms with Crippen LogP contribution in [0.3, 0.4) is 0 Å². The molecule has 3 rings (SSSR count). The van der Waals surface area contributed by atoms with Gasteiger partial charge in [0.05, 0.1) is 0 Å². The Kier molecular flexibility index (Phi) is 4.69. The van der Waals surface area contributed by atoms with Gasteiger partial charge in [0.15, 0.2) is 0 Å². The van der Waals surface area contributed by atoms with Crippen LogP contribution in [0, 0.1) is 23.7 Å². The van der Waals surface area contributed by atoms with Crippen LogP contribution < -0.4 is 0 Å². The molecule has 2 bridgehead atoms. The average molecular weight is 386 g/mol. The number of halogens is 2. The van der Waals surface area contributed by atoms with E-state index in [4.69, 9.17) is 0 Å². The van der Waals surface area contributed by atoms with Crippen LogP contribution in [-0.2, 0) is 6.42 Å². The third-order valence-corrected chi connectivity index (χ3v) is 6.89. The first-order valence-electron chi connectivity index (χ1n) is 7.55. The van der Waals surface area contributed by atoms with Crippen LogP contribution in [0.2, 0.25) is 0 Å². The first-order chi connectivity index (χ1) is 9.26. The lowest BCUT2D eigenvalue weighted by molar-refractivity contribution is 0.277. The Hall–Kier alpha value is 0.180. The fraction of sp³-hybridized carbons (Fsp3) is 0.647. The summed E-state index contributed by atoms with van der Waals surface area (Å²) in [6.07, 6.45) is 8.72. The summed E-state index contributed by atoms with van der Waals surface area (Å²) in [4.78, 5) is 0. The summed E-state index contributed by atoms with van der Waals surface area (Å²) >= 11 is 7.43. The first kappa shape index (κ1) is 14.1. The molecule has 19 heavy (non-hydrogen) atoms. The lowest BCUT2D eigenvalue weighted by atomic mass is 9.81. The molecule has 2 aliphatic carbocycles. The van der Waals surface area contributed by atoms with Crippen LogP contribution in [0.25, 0.3) is 0 Å². The smallest absolute Gasteiger partial charge is 0.0207 e. The minimum absolute atomic E-state index is 0.794. The summed E-state index contributed by atoms with van der Waals surface area (Å²) in [5, 5.41) is 1.14. The zero-order valence-electron chi connectivity index (χ0n) is 11.3. The summed E-state index contributed by atoms with van der Waals surface area (Å²) in [6.45, 7) is 0. The molecule has 0 saturated heterocycles. The third kappa shape index (κ3) is 3.26. The third-order valence-electron chi connectivity index (χ3n) is 5.21. The summed E-state index contributed by atoms with van der Waals surface area (Å²) < 4.78 is 1.27. The standard InChI is InChI=1S/C17H22Br2/c18-11-13(9-15-3-1-2-4-17(15)19)10-16-8-12-5-6-14(16)7-12/h1-4,12-14,16H,5-11H2. The largest absolute Gasteiger partial charge is 0.0925 e. The second-order valence-electron chi connectivity index (χ2n) is 6.49. The van der Waals surface area contributed by atoms with E-state index >= 15 is 0 Å². The molecule has 1 aromatic rings. The fourth-order valence-corrected chi connectivity index (χ4v) is 5.21. The Morgan fingerprint density at radius 1 is 1.16 bits per heavy atom. The zero-order valence-corrected chi connectivity index (χ0v) is 14.5. The van der Waals surface area contributed by atoms with Gasteiger partial charge in [-0.2, -0.15) is 0 Å². The van der Waals surface area contributed by atoms with Crippen LogP contribution in [0.4, 0.5) is 0 Å². The van der Waals surface area contributed by atoms with Gasteiger partial charge in [-0.05, 0) is 67.4 Å². The van der Waals surface area contributed by atoms with Crippen LogP contribution >= 0.6 is 31.9 Å². The van der Waals surface area contributed by atoms with E-state index in [1.54, 1.807) is 0 Å². The maximum absolute atomic E-state index is 3.74. The van der Waals surface area contributed by atoms with Crippen molar-refractivity contribution in [2.45, 2.75) is 38.5 Å². The summed E-state index contributed by atoms with van der Waals surface area (Å²) in [5.74, 6) is 3.95. The number of fused-ring (bicyclic) bond motifs is 2. The van der Waals surface area contributed by atoms with Gasteiger partial charge in [-0.25, -0.2) is 0 Å². The van der Waals surface area contributed by atoms with Crippen molar-refractivity contribution in [2.24, 2.45) is 23.7 Å². The molecule has 104 valence electrons. The molecular weight excluding hydrogens is 364 g/mol. The van der Waals surface area contributed by atoms with Gasteiger partial charge in [-0.1, -0.05) is 56.5 Å². The first-order valence-corrected chi connectivity index (χ1v) is 9.47. The summed E-state index contributed by atoms with van der Waals surface area (Å²) in [6, 6.07) is 8.69. The highest BCUT2D eigenvalue weighted by molar-refractivity contribution is 9.10. The molecule has 0 nitrogen and oxygen atoms in total. The Balaban J connectivity index is 1.60. The van der Waals surface area contributed by atoms with Crippen molar-refractivity contribution in [3.8, 4) is 0 Å². The quantitative estimate of drug-likeness (QED) is 0.559. The van der Waals surface area contributed by atoms with Crippen LogP contribution in [0.1, 0.15) is 37.7 Å². The molecule has 1 aromatic carbocycles. The van der Waals surface area contributed by atoms with Gasteiger partial charge in [0.1, 0.15) is 0 Å². The fourth-order valence-electron chi connectivity index (χ4n) is 4.27. The van der Waals surface area contributed by atoms with Crippen molar-refractivity contribution in [1.29, 1.82) is 0 Å². The number of rotatable bonds is 5. The van der Waals surface area contributed by atoms with Crippen molar-refractivity contribution in [2.75, 3.05) is 5.33 Å². The lowest BCUT2D eigenvalue weighted by Gasteiger charge is -2.26. The predicted octanol–water partition coefficient (Wildman–Crippen LogP) is 5.83. The van der Waals surface area contributed by atoms with E-state index in [0.29, 0.717) is 0 Å². The molecule has 0 spiro atoms. The Morgan fingerprint density at radius 3 is 2.63 bits per heavy atom. The highest BCUT2D eigenvalue weighted by Gasteiger charge is 2.39. The maximum Gasteiger partial charge on any atom is 0.0207 e. The van der Waals surface area contributed by atoms with Gasteiger partial charge in [0.2, 0.25) is 0 Å². The topological polar surface area (TPSA) is 0 Å². The molecule has 0 N–H and O–H groups in total. The number of benzene rings is 1. The highest BCUT2D eigenvalue weighted by Crippen LogP contribution is 2.50. The van der Waals surface area contributed by atoms with Crippen molar-refractivity contribution in [3.05, 3.63) is 34.3 Å². The van der Waals surface area contributed by atoms with Crippen molar-refractivity contribution in [3.63, 3.8) is 0 Å². The van der Waals surface area contributed by atoms with Gasteiger partial charge in [0, 0.05) is 9.80 Å². The van der Waals surface area contributed by atoms with E-state index in [-0.39, 0.29) is 0 Å². The van der Waals surface area contributed by atoms with Gasteiger partial charge in [0.25, 0.3) is 0 Å². The monoisotopic (exact) mass is 384 g/mol. The SMILES string of the molecule is BrCC(Cc1ccccc1Br)CC1CC2CCC1C2. The normalized spacial score (nSPS) is 30.7. The zero-order chi connectivity index (χ0) is 13.2. The molecule has 0 aromatic heterocycles. The summed E-state index contributed by atoms with van der Waals surface area (Å²) in [5.41, 5.74) is 1.47.